The van der Waals surface area contributed by atoms with Crippen molar-refractivity contribution in [2.45, 2.75) is 6.42 Å². The molecule has 1 aromatic rings. The number of hydrogen-bond donors (Lipinski definition) is 0. The lowest BCUT2D eigenvalue weighted by Crippen LogP contribution is -2.25. The molecule has 0 N–H and O–H groups in total. The minimum absolute atomic E-state index is 0.0211. The molecule has 0 spiro atoms. The van der Waals surface area contributed by atoms with E-state index in [4.69, 9.17) is 11.6 Å². The van der Waals surface area contributed by atoms with Crippen molar-refractivity contribution in [2.75, 3.05) is 17.2 Å². The van der Waals surface area contributed by atoms with Gasteiger partial charge >= 0.3 is 10.2 Å². The van der Waals surface area contributed by atoms with E-state index in [1.807, 2.05) is 0 Å². The van der Waals surface area contributed by atoms with E-state index < -0.39 is 21.9 Å². The summed E-state index contributed by atoms with van der Waals surface area (Å²) in [7, 11) is -4.57. The van der Waals surface area contributed by atoms with Crippen molar-refractivity contribution in [3.63, 3.8) is 0 Å². The zero-order chi connectivity index (χ0) is 14.2. The highest BCUT2D eigenvalue weighted by molar-refractivity contribution is 9.10. The van der Waals surface area contributed by atoms with Crippen LogP contribution in [-0.2, 0) is 15.0 Å². The molecule has 1 aliphatic heterocycles. The van der Waals surface area contributed by atoms with Crippen LogP contribution in [0.15, 0.2) is 22.7 Å². The highest BCUT2D eigenvalue weighted by Gasteiger charge is 2.33. The fraction of sp³-hybridized carbons (Fsp3) is 0.364. The second-order valence-corrected chi connectivity index (χ2v) is 7.17. The van der Waals surface area contributed by atoms with Gasteiger partial charge in [-0.25, -0.2) is 0 Å². The number of amides is 1. The van der Waals surface area contributed by atoms with Crippen LogP contribution in [0.5, 0.6) is 0 Å². The summed E-state index contributed by atoms with van der Waals surface area (Å²) in [5.74, 6) is -1.39. The lowest BCUT2D eigenvalue weighted by molar-refractivity contribution is -0.117. The maximum absolute atomic E-state index is 12.6. The van der Waals surface area contributed by atoms with Crippen LogP contribution in [0.25, 0.3) is 0 Å². The van der Waals surface area contributed by atoms with E-state index in [1.54, 1.807) is 18.2 Å². The van der Waals surface area contributed by atoms with Crippen LogP contribution in [0.3, 0.4) is 0 Å². The molecule has 0 bridgehead atoms. The summed E-state index contributed by atoms with van der Waals surface area (Å²) >= 11 is 9.16. The van der Waals surface area contributed by atoms with E-state index in [1.165, 1.54) is 4.90 Å². The van der Waals surface area contributed by atoms with Gasteiger partial charge < -0.3 is 4.90 Å². The molecule has 1 aromatic carbocycles. The molecule has 1 amide bonds. The summed E-state index contributed by atoms with van der Waals surface area (Å²) in [4.78, 5) is 13.3. The molecule has 4 nitrogen and oxygen atoms in total. The van der Waals surface area contributed by atoms with E-state index in [0.29, 0.717) is 15.2 Å². The van der Waals surface area contributed by atoms with Crippen LogP contribution in [0.2, 0.25) is 5.02 Å². The van der Waals surface area contributed by atoms with Gasteiger partial charge in [-0.2, -0.15) is 8.42 Å². The fourth-order valence-corrected chi connectivity index (χ4v) is 3.75. The second-order valence-electron chi connectivity index (χ2n) is 4.41. The minimum Gasteiger partial charge on any atom is -0.312 e. The normalized spacial score (nSPS) is 20.1. The van der Waals surface area contributed by atoms with E-state index >= 15 is 0 Å². The zero-order valence-corrected chi connectivity index (χ0v) is 12.8. The van der Waals surface area contributed by atoms with Gasteiger partial charge in [0, 0.05) is 34.1 Å². The first-order chi connectivity index (χ1) is 8.74. The smallest absolute Gasteiger partial charge is 0.302 e. The third-order valence-electron chi connectivity index (χ3n) is 2.80. The Hall–Kier alpha value is -0.660. The van der Waals surface area contributed by atoms with E-state index in [2.05, 4.69) is 15.9 Å². The van der Waals surface area contributed by atoms with Gasteiger partial charge in [0.25, 0.3) is 0 Å². The van der Waals surface area contributed by atoms with Gasteiger partial charge in [0.2, 0.25) is 5.91 Å². The Bertz CT molecular complexity index is 602. The molecule has 0 saturated carbocycles. The molecule has 0 radical (unpaired) electrons. The number of carbonyl (C=O) groups is 1. The standard InChI is InChI=1S/C11H10BrClFNO3S/c12-8-2-9(13)4-10(3-8)15-5-7(1-11(15)16)6-19(14,17)18/h2-4,7H,1,5-6H2. The number of hydrogen-bond acceptors (Lipinski definition) is 3. The Morgan fingerprint density at radius 3 is 2.68 bits per heavy atom. The first-order valence-corrected chi connectivity index (χ1v) is 8.16. The van der Waals surface area contributed by atoms with Gasteiger partial charge in [-0.15, -0.1) is 3.89 Å². The summed E-state index contributed by atoms with van der Waals surface area (Å²) < 4.78 is 34.6. The first kappa shape index (κ1) is 14.7. The van der Waals surface area contributed by atoms with Crippen LogP contribution in [0.4, 0.5) is 9.57 Å². The van der Waals surface area contributed by atoms with E-state index in [9.17, 15) is 17.1 Å². The molecular formula is C11H10BrClFNO3S. The van der Waals surface area contributed by atoms with Crippen molar-refractivity contribution in [3.8, 4) is 0 Å². The van der Waals surface area contributed by atoms with Crippen LogP contribution in [0, 0.1) is 5.92 Å². The molecule has 1 aliphatic rings. The largest absolute Gasteiger partial charge is 0.312 e. The van der Waals surface area contributed by atoms with Crippen molar-refractivity contribution >= 4 is 49.3 Å². The second kappa shape index (κ2) is 5.38. The third-order valence-corrected chi connectivity index (χ3v) is 4.34. The summed E-state index contributed by atoms with van der Waals surface area (Å²) in [5, 5.41) is 0.457. The lowest BCUT2D eigenvalue weighted by Gasteiger charge is -2.17. The van der Waals surface area contributed by atoms with Crippen molar-refractivity contribution < 1.29 is 17.1 Å². The highest BCUT2D eigenvalue weighted by atomic mass is 79.9. The van der Waals surface area contributed by atoms with Crippen molar-refractivity contribution in [1.29, 1.82) is 0 Å². The number of carbonyl (C=O) groups excluding carboxylic acids is 1. The minimum atomic E-state index is -4.57. The average molecular weight is 371 g/mol. The van der Waals surface area contributed by atoms with Crippen LogP contribution >= 0.6 is 27.5 Å². The van der Waals surface area contributed by atoms with E-state index in [-0.39, 0.29) is 18.9 Å². The molecule has 1 atom stereocenters. The maximum Gasteiger partial charge on any atom is 0.302 e. The van der Waals surface area contributed by atoms with Gasteiger partial charge in [-0.3, -0.25) is 4.79 Å². The molecule has 0 aromatic heterocycles. The molecular weight excluding hydrogens is 361 g/mol. The van der Waals surface area contributed by atoms with Gasteiger partial charge in [0.15, 0.2) is 0 Å². The number of benzene rings is 1. The third kappa shape index (κ3) is 3.90. The molecule has 1 fully saturated rings. The number of nitrogens with zero attached hydrogens (tertiary/aromatic N) is 1. The van der Waals surface area contributed by atoms with Crippen LogP contribution in [-0.4, -0.2) is 26.6 Å². The Labute approximate surface area is 123 Å². The predicted molar refractivity (Wildman–Crippen MR) is 74.5 cm³/mol. The monoisotopic (exact) mass is 369 g/mol. The topological polar surface area (TPSA) is 54.5 Å². The molecule has 2 rings (SSSR count). The Morgan fingerprint density at radius 2 is 2.11 bits per heavy atom. The number of rotatable bonds is 3. The summed E-state index contributed by atoms with van der Waals surface area (Å²) in [6.07, 6.45) is 0.0211. The molecule has 0 aliphatic carbocycles. The van der Waals surface area contributed by atoms with Gasteiger partial charge in [0.1, 0.15) is 0 Å². The summed E-state index contributed by atoms with van der Waals surface area (Å²) in [5.41, 5.74) is 0.572. The quantitative estimate of drug-likeness (QED) is 0.769. The van der Waals surface area contributed by atoms with Crippen molar-refractivity contribution in [1.82, 2.24) is 0 Å². The summed E-state index contributed by atoms with van der Waals surface area (Å²) in [6, 6.07) is 4.99. The summed E-state index contributed by atoms with van der Waals surface area (Å²) in [6.45, 7) is 0.175. The lowest BCUT2D eigenvalue weighted by atomic mass is 10.1. The SMILES string of the molecule is O=C1CC(CS(=O)(=O)F)CN1c1cc(Cl)cc(Br)c1. The molecule has 1 saturated heterocycles. The van der Waals surface area contributed by atoms with E-state index in [0.717, 1.165) is 0 Å². The average Bonchev–Trinajstić information content (AvgIpc) is 2.54. The van der Waals surface area contributed by atoms with Crippen LogP contribution in [0.1, 0.15) is 6.42 Å². The zero-order valence-electron chi connectivity index (χ0n) is 9.64. The molecule has 1 heterocycles. The first-order valence-electron chi connectivity index (χ1n) is 5.43. The van der Waals surface area contributed by atoms with Gasteiger partial charge in [-0.05, 0) is 18.2 Å². The predicted octanol–water partition coefficient (Wildman–Crippen LogP) is 2.75. The Kier molecular flexibility index (Phi) is 4.17. The maximum atomic E-state index is 12.6. The van der Waals surface area contributed by atoms with Gasteiger partial charge in [0.05, 0.1) is 5.75 Å². The fourth-order valence-electron chi connectivity index (χ4n) is 2.12. The number of anilines is 1. The number of halogens is 3. The molecule has 1 unspecified atom stereocenters. The molecule has 19 heavy (non-hydrogen) atoms. The van der Waals surface area contributed by atoms with Crippen molar-refractivity contribution in [3.05, 3.63) is 27.7 Å². The molecule has 8 heteroatoms. The van der Waals surface area contributed by atoms with Crippen molar-refractivity contribution in [2.24, 2.45) is 5.92 Å². The van der Waals surface area contributed by atoms with Crippen LogP contribution < -0.4 is 4.90 Å². The Balaban J connectivity index is 2.20. The highest BCUT2D eigenvalue weighted by Crippen LogP contribution is 2.30. The molecule has 104 valence electrons. The Morgan fingerprint density at radius 1 is 1.42 bits per heavy atom. The van der Waals surface area contributed by atoms with Gasteiger partial charge in [-0.1, -0.05) is 27.5 Å².